The topological polar surface area (TPSA) is 61.5 Å². The van der Waals surface area contributed by atoms with Crippen molar-refractivity contribution in [1.29, 1.82) is 0 Å². The maximum absolute atomic E-state index is 13.9. The van der Waals surface area contributed by atoms with Crippen LogP contribution in [0.25, 0.3) is 22.2 Å². The van der Waals surface area contributed by atoms with E-state index in [4.69, 9.17) is 0 Å². The molecule has 0 saturated carbocycles. The Labute approximate surface area is 139 Å². The largest absolute Gasteiger partial charge is 0.354 e. The van der Waals surface area contributed by atoms with Crippen LogP contribution in [0.1, 0.15) is 21.5 Å². The van der Waals surface area contributed by atoms with Crippen LogP contribution in [0.15, 0.2) is 36.4 Å². The molecule has 0 aliphatic carbocycles. The van der Waals surface area contributed by atoms with Crippen molar-refractivity contribution >= 4 is 16.8 Å². The van der Waals surface area contributed by atoms with Crippen molar-refractivity contribution in [1.82, 2.24) is 10.3 Å². The minimum absolute atomic E-state index is 0.211. The van der Waals surface area contributed by atoms with E-state index < -0.39 is 5.82 Å². The van der Waals surface area contributed by atoms with Gasteiger partial charge >= 0.3 is 0 Å². The van der Waals surface area contributed by atoms with E-state index in [-0.39, 0.29) is 5.91 Å². The molecule has 5 heteroatoms. The van der Waals surface area contributed by atoms with E-state index in [1.165, 1.54) is 17.7 Å². The first-order valence-corrected chi connectivity index (χ1v) is 8.17. The fraction of sp³-hybridized carbons (Fsp3) is 0.211. The van der Waals surface area contributed by atoms with Crippen molar-refractivity contribution in [3.8, 4) is 11.3 Å². The SMILES string of the molecule is C[NH2+]Cc1ccc(-c2[nH]c3cc(F)cc4c3c2CCNC4=O)cc1. The minimum atomic E-state index is -0.400. The Morgan fingerprint density at radius 1 is 1.21 bits per heavy atom. The van der Waals surface area contributed by atoms with Crippen molar-refractivity contribution in [2.45, 2.75) is 13.0 Å². The van der Waals surface area contributed by atoms with Gasteiger partial charge in [-0.1, -0.05) is 24.3 Å². The number of nitrogens with one attached hydrogen (secondary N) is 2. The van der Waals surface area contributed by atoms with Crippen molar-refractivity contribution in [2.75, 3.05) is 13.6 Å². The highest BCUT2D eigenvalue weighted by Crippen LogP contribution is 2.34. The number of rotatable bonds is 3. The molecular formula is C19H19FN3O+. The van der Waals surface area contributed by atoms with E-state index in [0.29, 0.717) is 17.6 Å². The molecule has 0 unspecified atom stereocenters. The number of aromatic amines is 1. The van der Waals surface area contributed by atoms with E-state index in [1.54, 1.807) is 0 Å². The zero-order valence-corrected chi connectivity index (χ0v) is 13.4. The van der Waals surface area contributed by atoms with Crippen LogP contribution in [0.4, 0.5) is 4.39 Å². The standard InChI is InChI=1S/C19H18FN3O/c1-21-10-11-2-4-12(5-3-11)18-14-6-7-22-19(24)15-8-13(20)9-16(23-18)17(14)15/h2-5,8-9,21,23H,6-7,10H2,1H3,(H,22,24)/p+1. The van der Waals surface area contributed by atoms with Gasteiger partial charge in [0.15, 0.2) is 0 Å². The zero-order chi connectivity index (χ0) is 16.7. The molecule has 2 heterocycles. The Hall–Kier alpha value is -2.66. The Bertz CT molecular complexity index is 928. The summed E-state index contributed by atoms with van der Waals surface area (Å²) in [6, 6.07) is 11.2. The molecule has 4 N–H and O–H groups in total. The number of halogens is 1. The molecule has 0 atom stereocenters. The van der Waals surface area contributed by atoms with E-state index in [1.807, 2.05) is 7.05 Å². The lowest BCUT2D eigenvalue weighted by atomic mass is 9.99. The summed E-state index contributed by atoms with van der Waals surface area (Å²) in [6.45, 7) is 1.49. The molecule has 24 heavy (non-hydrogen) atoms. The lowest BCUT2D eigenvalue weighted by Gasteiger charge is -2.05. The maximum Gasteiger partial charge on any atom is 0.252 e. The van der Waals surface area contributed by atoms with Crippen LogP contribution in [0, 0.1) is 5.82 Å². The second kappa shape index (κ2) is 5.76. The van der Waals surface area contributed by atoms with E-state index >= 15 is 0 Å². The summed E-state index contributed by atoms with van der Waals surface area (Å²) in [5.41, 5.74) is 5.46. The predicted molar refractivity (Wildman–Crippen MR) is 91.3 cm³/mol. The van der Waals surface area contributed by atoms with Crippen LogP contribution in [0.2, 0.25) is 0 Å². The number of aromatic nitrogens is 1. The lowest BCUT2D eigenvalue weighted by molar-refractivity contribution is -0.643. The van der Waals surface area contributed by atoms with Crippen molar-refractivity contribution in [2.24, 2.45) is 0 Å². The second-order valence-electron chi connectivity index (χ2n) is 6.17. The van der Waals surface area contributed by atoms with Crippen LogP contribution in [-0.4, -0.2) is 24.5 Å². The fourth-order valence-electron chi connectivity index (χ4n) is 3.48. The molecule has 0 bridgehead atoms. The maximum atomic E-state index is 13.9. The van der Waals surface area contributed by atoms with Gasteiger partial charge in [0.1, 0.15) is 12.4 Å². The first kappa shape index (κ1) is 14.9. The fourth-order valence-corrected chi connectivity index (χ4v) is 3.48. The number of H-pyrrole nitrogens is 1. The summed E-state index contributed by atoms with van der Waals surface area (Å²) in [7, 11) is 2.04. The Balaban J connectivity index is 1.91. The summed E-state index contributed by atoms with van der Waals surface area (Å²) in [5, 5.41) is 5.81. The van der Waals surface area contributed by atoms with Crippen LogP contribution in [0.5, 0.6) is 0 Å². The Morgan fingerprint density at radius 3 is 2.75 bits per heavy atom. The first-order chi connectivity index (χ1) is 11.7. The second-order valence-corrected chi connectivity index (χ2v) is 6.17. The molecule has 1 aliphatic rings. The molecule has 4 nitrogen and oxygen atoms in total. The Kier molecular flexibility index (Phi) is 3.58. The van der Waals surface area contributed by atoms with E-state index in [0.717, 1.165) is 35.2 Å². The van der Waals surface area contributed by atoms with Gasteiger partial charge in [-0.05, 0) is 29.7 Å². The molecule has 0 radical (unpaired) electrons. The van der Waals surface area contributed by atoms with Crippen molar-refractivity contribution < 1.29 is 14.5 Å². The first-order valence-electron chi connectivity index (χ1n) is 8.17. The number of carbonyl (C=O) groups is 1. The van der Waals surface area contributed by atoms with Gasteiger partial charge in [-0.2, -0.15) is 0 Å². The highest BCUT2D eigenvalue weighted by atomic mass is 19.1. The van der Waals surface area contributed by atoms with Gasteiger partial charge in [-0.15, -0.1) is 0 Å². The number of nitrogens with two attached hydrogens (primary N) is 1. The van der Waals surface area contributed by atoms with Crippen LogP contribution in [-0.2, 0) is 13.0 Å². The molecule has 0 saturated heterocycles. The smallest absolute Gasteiger partial charge is 0.252 e. The molecule has 0 fully saturated rings. The van der Waals surface area contributed by atoms with Gasteiger partial charge in [0, 0.05) is 28.7 Å². The van der Waals surface area contributed by atoms with Gasteiger partial charge in [0.05, 0.1) is 12.6 Å². The van der Waals surface area contributed by atoms with E-state index in [2.05, 4.69) is 39.9 Å². The molecule has 2 aromatic carbocycles. The van der Waals surface area contributed by atoms with Crippen LogP contribution >= 0.6 is 0 Å². The molecule has 4 rings (SSSR count). The van der Waals surface area contributed by atoms with Crippen molar-refractivity contribution in [3.63, 3.8) is 0 Å². The van der Waals surface area contributed by atoms with Crippen LogP contribution in [0.3, 0.4) is 0 Å². The number of amides is 1. The van der Waals surface area contributed by atoms with Gasteiger partial charge < -0.3 is 15.6 Å². The Morgan fingerprint density at radius 2 is 2.00 bits per heavy atom. The highest BCUT2D eigenvalue weighted by molar-refractivity contribution is 6.10. The normalized spacial score (nSPS) is 13.8. The average molecular weight is 324 g/mol. The molecule has 1 aromatic heterocycles. The highest BCUT2D eigenvalue weighted by Gasteiger charge is 2.23. The number of quaternary nitrogens is 1. The number of hydrogen-bond donors (Lipinski definition) is 3. The van der Waals surface area contributed by atoms with E-state index in [9.17, 15) is 9.18 Å². The molecule has 0 spiro atoms. The average Bonchev–Trinajstić information content (AvgIpc) is 2.84. The zero-order valence-electron chi connectivity index (χ0n) is 13.4. The quantitative estimate of drug-likeness (QED) is 0.677. The summed E-state index contributed by atoms with van der Waals surface area (Å²) in [4.78, 5) is 15.5. The molecule has 1 aliphatic heterocycles. The van der Waals surface area contributed by atoms with Crippen molar-refractivity contribution in [3.05, 3.63) is 58.9 Å². The molecular weight excluding hydrogens is 305 g/mol. The van der Waals surface area contributed by atoms with Gasteiger partial charge in [0.2, 0.25) is 0 Å². The third-order valence-corrected chi connectivity index (χ3v) is 4.55. The third kappa shape index (κ3) is 2.37. The molecule has 122 valence electrons. The summed E-state index contributed by atoms with van der Waals surface area (Å²) in [5.74, 6) is -0.611. The van der Waals surface area contributed by atoms with Gasteiger partial charge in [-0.25, -0.2) is 4.39 Å². The van der Waals surface area contributed by atoms with Gasteiger partial charge in [0.25, 0.3) is 5.91 Å². The van der Waals surface area contributed by atoms with Crippen LogP contribution < -0.4 is 10.6 Å². The number of benzene rings is 2. The summed E-state index contributed by atoms with van der Waals surface area (Å²) >= 11 is 0. The minimum Gasteiger partial charge on any atom is -0.354 e. The monoisotopic (exact) mass is 324 g/mol. The summed E-state index contributed by atoms with van der Waals surface area (Å²) < 4.78 is 13.9. The third-order valence-electron chi connectivity index (χ3n) is 4.55. The predicted octanol–water partition coefficient (Wildman–Crippen LogP) is 1.95. The summed E-state index contributed by atoms with van der Waals surface area (Å²) in [6.07, 6.45) is 0.726. The molecule has 1 amide bonds. The molecule has 3 aromatic rings. The number of hydrogen-bond acceptors (Lipinski definition) is 1. The number of carbonyl (C=O) groups excluding carboxylic acids is 1. The lowest BCUT2D eigenvalue weighted by Crippen LogP contribution is -2.77. The van der Waals surface area contributed by atoms with Gasteiger partial charge in [-0.3, -0.25) is 4.79 Å².